The molecule has 4 aliphatic rings. The molecule has 4 atom stereocenters. The first-order valence-electron chi connectivity index (χ1n) is 14.4. The molecule has 0 fully saturated rings. The zero-order chi connectivity index (χ0) is 30.4. The molecule has 0 spiro atoms. The third-order valence-electron chi connectivity index (χ3n) is 9.84. The van der Waals surface area contributed by atoms with Crippen LogP contribution in [0.15, 0.2) is 52.5 Å². The minimum Gasteiger partial charge on any atom is -0.511 e. The first kappa shape index (κ1) is 29.1. The topological polar surface area (TPSA) is 132 Å². The van der Waals surface area contributed by atoms with Crippen LogP contribution in [0.3, 0.4) is 0 Å². The summed E-state index contributed by atoms with van der Waals surface area (Å²) in [6.45, 7) is 12.6. The Balaban J connectivity index is 1.72. The minimum atomic E-state index is -2.60. The van der Waals surface area contributed by atoms with E-state index in [0.717, 1.165) is 30.9 Å². The molecule has 0 bridgehead atoms. The fraction of sp³-hybridized carbons (Fsp3) is 0.500. The molecule has 1 aromatic rings. The molecule has 218 valence electrons. The standard InChI is InChI=1S/C34H40O7/c1-16(2)12-19-8-9-20(13-19)21-10-11-23(36)25-22(21)14-32(6)15-33(7)26(17(3)4)28(37)24(18(5)35)30(39)34(33,41)31(40)27(32)29(25)38/h8-11,16-17,26,36-37,40-41H,12-15H2,1-7H3/t26?,32-,33-,34+/m1/s1. The number of ketones is 3. The highest BCUT2D eigenvalue weighted by atomic mass is 16.3. The van der Waals surface area contributed by atoms with Gasteiger partial charge < -0.3 is 20.4 Å². The fourth-order valence-corrected chi connectivity index (χ4v) is 8.46. The Morgan fingerprint density at radius 2 is 1.71 bits per heavy atom. The largest absolute Gasteiger partial charge is 0.511 e. The van der Waals surface area contributed by atoms with Gasteiger partial charge in [0.25, 0.3) is 0 Å². The van der Waals surface area contributed by atoms with Crippen LogP contribution in [-0.4, -0.2) is 43.4 Å². The van der Waals surface area contributed by atoms with Crippen LogP contribution in [0.25, 0.3) is 5.57 Å². The Bertz CT molecular complexity index is 1530. The monoisotopic (exact) mass is 560 g/mol. The van der Waals surface area contributed by atoms with Gasteiger partial charge in [0.05, 0.1) is 5.56 Å². The van der Waals surface area contributed by atoms with Gasteiger partial charge in [-0.25, -0.2) is 0 Å². The van der Waals surface area contributed by atoms with Crippen LogP contribution in [0.5, 0.6) is 5.75 Å². The number of rotatable bonds is 5. The average Bonchev–Trinajstić information content (AvgIpc) is 3.28. The summed E-state index contributed by atoms with van der Waals surface area (Å²) >= 11 is 0. The number of carbonyl (C=O) groups excluding carboxylic acids is 3. The molecule has 4 N–H and O–H groups in total. The number of fused-ring (bicyclic) bond motifs is 3. The van der Waals surface area contributed by atoms with E-state index in [-0.39, 0.29) is 41.4 Å². The van der Waals surface area contributed by atoms with Crippen LogP contribution in [0.4, 0.5) is 0 Å². The van der Waals surface area contributed by atoms with Gasteiger partial charge in [-0.05, 0) is 67.2 Å². The smallest absolute Gasteiger partial charge is 0.209 e. The predicted molar refractivity (Wildman–Crippen MR) is 155 cm³/mol. The van der Waals surface area contributed by atoms with E-state index in [1.807, 2.05) is 26.8 Å². The van der Waals surface area contributed by atoms with Gasteiger partial charge in [0.15, 0.2) is 17.2 Å². The number of aliphatic hydroxyl groups excluding tert-OH is 2. The molecule has 0 heterocycles. The fourth-order valence-electron chi connectivity index (χ4n) is 8.46. The molecule has 0 aromatic heterocycles. The second-order valence-electron chi connectivity index (χ2n) is 13.7. The lowest BCUT2D eigenvalue weighted by molar-refractivity contribution is -0.171. The second kappa shape index (κ2) is 9.28. The van der Waals surface area contributed by atoms with Gasteiger partial charge in [-0.2, -0.15) is 0 Å². The maximum atomic E-state index is 14.2. The van der Waals surface area contributed by atoms with Crippen LogP contribution >= 0.6 is 0 Å². The van der Waals surface area contributed by atoms with Gasteiger partial charge in [-0.1, -0.05) is 65.3 Å². The molecule has 1 aromatic carbocycles. The Morgan fingerprint density at radius 3 is 2.29 bits per heavy atom. The van der Waals surface area contributed by atoms with Gasteiger partial charge >= 0.3 is 0 Å². The Labute approximate surface area is 241 Å². The van der Waals surface area contributed by atoms with Gasteiger partial charge in [-0.3, -0.25) is 14.4 Å². The van der Waals surface area contributed by atoms with E-state index in [9.17, 15) is 34.8 Å². The molecule has 0 radical (unpaired) electrons. The number of benzene rings is 1. The number of carbonyl (C=O) groups is 3. The summed E-state index contributed by atoms with van der Waals surface area (Å²) in [5.41, 5.74) is -1.83. The second-order valence-corrected chi connectivity index (χ2v) is 13.7. The van der Waals surface area contributed by atoms with Crippen molar-refractivity contribution >= 4 is 22.9 Å². The summed E-state index contributed by atoms with van der Waals surface area (Å²) in [5, 5.41) is 46.2. The predicted octanol–water partition coefficient (Wildman–Crippen LogP) is 6.11. The Hall–Kier alpha value is -3.45. The number of hydrogen-bond acceptors (Lipinski definition) is 7. The Morgan fingerprint density at radius 1 is 1.05 bits per heavy atom. The summed E-state index contributed by atoms with van der Waals surface area (Å²) in [6, 6.07) is 3.30. The molecule has 7 nitrogen and oxygen atoms in total. The molecular weight excluding hydrogens is 520 g/mol. The van der Waals surface area contributed by atoms with Crippen LogP contribution in [0, 0.1) is 28.6 Å². The number of Topliss-reactive ketones (excluding diaryl/α,β-unsaturated/α-hetero) is 3. The molecular formula is C34H40O7. The van der Waals surface area contributed by atoms with Crippen molar-refractivity contribution in [1.29, 1.82) is 0 Å². The zero-order valence-electron chi connectivity index (χ0n) is 24.9. The summed E-state index contributed by atoms with van der Waals surface area (Å²) in [7, 11) is 0. The first-order chi connectivity index (χ1) is 19.0. The molecule has 0 saturated heterocycles. The molecule has 41 heavy (non-hydrogen) atoms. The number of aromatic hydroxyl groups is 1. The molecule has 7 heteroatoms. The zero-order valence-corrected chi connectivity index (χ0v) is 24.9. The molecule has 0 amide bonds. The van der Waals surface area contributed by atoms with Crippen LogP contribution in [0.1, 0.15) is 89.2 Å². The lowest BCUT2D eigenvalue weighted by Gasteiger charge is -2.59. The van der Waals surface area contributed by atoms with Crippen molar-refractivity contribution in [3.05, 3.63) is 69.2 Å². The highest BCUT2D eigenvalue weighted by molar-refractivity contribution is 6.25. The summed E-state index contributed by atoms with van der Waals surface area (Å²) < 4.78 is 0. The lowest BCUT2D eigenvalue weighted by atomic mass is 9.44. The van der Waals surface area contributed by atoms with Gasteiger partial charge in [0.1, 0.15) is 22.8 Å². The van der Waals surface area contributed by atoms with E-state index >= 15 is 0 Å². The number of allylic oxidation sites excluding steroid dienone is 6. The number of aliphatic hydroxyl groups is 3. The number of phenolic OH excluding ortho intramolecular Hbond substituents is 1. The van der Waals surface area contributed by atoms with E-state index in [0.29, 0.717) is 11.5 Å². The van der Waals surface area contributed by atoms with Crippen molar-refractivity contribution in [2.45, 2.75) is 79.8 Å². The van der Waals surface area contributed by atoms with Gasteiger partial charge in [0, 0.05) is 22.3 Å². The number of hydrogen-bond donors (Lipinski definition) is 4. The van der Waals surface area contributed by atoms with Crippen LogP contribution in [-0.2, 0) is 16.0 Å². The van der Waals surface area contributed by atoms with Gasteiger partial charge in [0.2, 0.25) is 5.78 Å². The van der Waals surface area contributed by atoms with E-state index in [1.54, 1.807) is 6.92 Å². The van der Waals surface area contributed by atoms with Crippen molar-refractivity contribution < 1.29 is 34.8 Å². The van der Waals surface area contributed by atoms with E-state index < -0.39 is 51.0 Å². The average molecular weight is 561 g/mol. The third-order valence-corrected chi connectivity index (χ3v) is 9.84. The molecule has 0 saturated carbocycles. The summed E-state index contributed by atoms with van der Waals surface area (Å²) in [5.74, 6) is -4.54. The Kier molecular flexibility index (Phi) is 6.58. The number of phenols is 1. The first-order valence-corrected chi connectivity index (χ1v) is 14.4. The van der Waals surface area contributed by atoms with Crippen LogP contribution < -0.4 is 0 Å². The van der Waals surface area contributed by atoms with E-state index in [2.05, 4.69) is 26.0 Å². The maximum absolute atomic E-state index is 14.2. The molecule has 1 unspecified atom stereocenters. The summed E-state index contributed by atoms with van der Waals surface area (Å²) in [4.78, 5) is 40.5. The normalized spacial score (nSPS) is 31.3. The highest BCUT2D eigenvalue weighted by Gasteiger charge is 2.71. The third kappa shape index (κ3) is 3.84. The van der Waals surface area contributed by atoms with E-state index in [1.165, 1.54) is 11.6 Å². The van der Waals surface area contributed by atoms with Crippen LogP contribution in [0.2, 0.25) is 0 Å². The summed E-state index contributed by atoms with van der Waals surface area (Å²) in [6.07, 6.45) is 6.21. The minimum absolute atomic E-state index is 0.0563. The quantitative estimate of drug-likeness (QED) is 0.320. The van der Waals surface area contributed by atoms with E-state index in [4.69, 9.17) is 0 Å². The lowest BCUT2D eigenvalue weighted by Crippen LogP contribution is -2.67. The molecule has 4 aliphatic carbocycles. The van der Waals surface area contributed by atoms with Gasteiger partial charge in [-0.15, -0.1) is 0 Å². The van der Waals surface area contributed by atoms with Crippen molar-refractivity contribution in [3.8, 4) is 5.75 Å². The highest BCUT2D eigenvalue weighted by Crippen LogP contribution is 2.65. The molecule has 5 rings (SSSR count). The van der Waals surface area contributed by atoms with Crippen molar-refractivity contribution in [2.24, 2.45) is 28.6 Å². The van der Waals surface area contributed by atoms with Crippen molar-refractivity contribution in [1.82, 2.24) is 0 Å². The van der Waals surface area contributed by atoms with Crippen molar-refractivity contribution in [3.63, 3.8) is 0 Å². The molecule has 0 aliphatic heterocycles. The van der Waals surface area contributed by atoms with Crippen molar-refractivity contribution in [2.75, 3.05) is 0 Å². The maximum Gasteiger partial charge on any atom is 0.209 e. The SMILES string of the molecule is CC(=O)C1=C(O)C(C(C)C)[C@@]2(C)C[C@@]3(C)Cc4c(C5=CC=C(CC(C)C)C5)ccc(O)c4C(=O)C3=C(O)[C@@]2(O)C1=O.